The molecule has 4 heteroatoms. The molecule has 1 unspecified atom stereocenters. The molecule has 1 aromatic rings. The van der Waals surface area contributed by atoms with Crippen LogP contribution in [0.1, 0.15) is 31.7 Å². The summed E-state index contributed by atoms with van der Waals surface area (Å²) < 4.78 is 0. The van der Waals surface area contributed by atoms with E-state index in [0.29, 0.717) is 0 Å². The quantitative estimate of drug-likeness (QED) is 0.759. The molecule has 2 N–H and O–H groups in total. The second-order valence-electron chi connectivity index (χ2n) is 3.67. The molecular weight excluding hydrogens is 196 g/mol. The van der Waals surface area contributed by atoms with Gasteiger partial charge in [-0.05, 0) is 19.8 Å². The highest BCUT2D eigenvalue weighted by Crippen LogP contribution is 2.15. The van der Waals surface area contributed by atoms with Crippen molar-refractivity contribution in [1.29, 1.82) is 0 Å². The van der Waals surface area contributed by atoms with Crippen molar-refractivity contribution in [1.82, 2.24) is 10.3 Å². The van der Waals surface area contributed by atoms with Crippen LogP contribution < -0.4 is 5.32 Å². The van der Waals surface area contributed by atoms with Crippen molar-refractivity contribution in [3.63, 3.8) is 0 Å². The molecule has 1 rings (SSSR count). The molecule has 1 atom stereocenters. The topological polar surface area (TPSA) is 45.1 Å². The first-order valence-corrected chi connectivity index (χ1v) is 5.82. The van der Waals surface area contributed by atoms with Crippen molar-refractivity contribution >= 4 is 11.3 Å². The van der Waals surface area contributed by atoms with Crippen LogP contribution in [0, 0.1) is 0 Å². The Kier molecular flexibility index (Phi) is 4.51. The number of nitrogens with one attached hydrogen (secondary N) is 1. The highest BCUT2D eigenvalue weighted by molar-refractivity contribution is 7.09. The van der Waals surface area contributed by atoms with Gasteiger partial charge < -0.3 is 10.4 Å². The number of hydrogen-bond acceptors (Lipinski definition) is 4. The Morgan fingerprint density at radius 2 is 2.43 bits per heavy atom. The molecule has 0 bridgehead atoms. The fourth-order valence-corrected chi connectivity index (χ4v) is 1.82. The summed E-state index contributed by atoms with van der Waals surface area (Å²) in [6, 6.07) is 0. The van der Waals surface area contributed by atoms with Gasteiger partial charge in [-0.2, -0.15) is 0 Å². The Morgan fingerprint density at radius 1 is 1.64 bits per heavy atom. The molecule has 0 radical (unpaired) electrons. The normalized spacial score (nSPS) is 15.4. The molecular formula is C10H18N2OS. The first-order chi connectivity index (χ1) is 6.70. The number of aliphatic hydroxyl groups excluding tert-OH is 1. The van der Waals surface area contributed by atoms with Crippen LogP contribution >= 0.6 is 11.3 Å². The summed E-state index contributed by atoms with van der Waals surface area (Å²) in [5, 5.41) is 15.5. The standard InChI is InChI=1S/C10H18N2OS/c1-3-10(2,4-6-13)12-8-9-11-5-7-14-9/h5,7,12-13H,3-4,6,8H2,1-2H3. The van der Waals surface area contributed by atoms with E-state index in [4.69, 9.17) is 5.11 Å². The van der Waals surface area contributed by atoms with Crippen molar-refractivity contribution in [2.45, 2.75) is 38.8 Å². The maximum absolute atomic E-state index is 8.94. The Labute approximate surface area is 89.2 Å². The summed E-state index contributed by atoms with van der Waals surface area (Å²) in [6.45, 7) is 5.29. The third-order valence-corrected chi connectivity index (χ3v) is 3.37. The number of thiazole rings is 1. The van der Waals surface area contributed by atoms with Crippen LogP contribution in [0.15, 0.2) is 11.6 Å². The highest BCUT2D eigenvalue weighted by Gasteiger charge is 2.20. The molecule has 3 nitrogen and oxygen atoms in total. The third-order valence-electron chi connectivity index (χ3n) is 2.59. The van der Waals surface area contributed by atoms with E-state index in [0.717, 1.165) is 24.4 Å². The maximum Gasteiger partial charge on any atom is 0.106 e. The number of aromatic nitrogens is 1. The van der Waals surface area contributed by atoms with Gasteiger partial charge in [0.25, 0.3) is 0 Å². The van der Waals surface area contributed by atoms with Gasteiger partial charge in [0.1, 0.15) is 5.01 Å². The lowest BCUT2D eigenvalue weighted by molar-refractivity contribution is 0.214. The molecule has 0 aliphatic rings. The fourth-order valence-electron chi connectivity index (χ4n) is 1.27. The summed E-state index contributed by atoms with van der Waals surface area (Å²) >= 11 is 1.66. The van der Waals surface area contributed by atoms with Crippen molar-refractivity contribution in [2.75, 3.05) is 6.61 Å². The predicted octanol–water partition coefficient (Wildman–Crippen LogP) is 1.78. The van der Waals surface area contributed by atoms with Crippen molar-refractivity contribution in [3.8, 4) is 0 Å². The molecule has 0 saturated carbocycles. The van der Waals surface area contributed by atoms with Crippen LogP contribution in [0.25, 0.3) is 0 Å². The SMILES string of the molecule is CCC(C)(CCO)NCc1nccs1. The van der Waals surface area contributed by atoms with Gasteiger partial charge in [0.15, 0.2) is 0 Å². The largest absolute Gasteiger partial charge is 0.396 e. The second-order valence-corrected chi connectivity index (χ2v) is 4.65. The molecule has 14 heavy (non-hydrogen) atoms. The van der Waals surface area contributed by atoms with E-state index >= 15 is 0 Å². The van der Waals surface area contributed by atoms with Crippen LogP contribution in [-0.4, -0.2) is 22.2 Å². The summed E-state index contributed by atoms with van der Waals surface area (Å²) in [5.74, 6) is 0. The van der Waals surface area contributed by atoms with Crippen molar-refractivity contribution < 1.29 is 5.11 Å². The van der Waals surface area contributed by atoms with Gasteiger partial charge >= 0.3 is 0 Å². The third kappa shape index (κ3) is 3.36. The molecule has 0 aliphatic heterocycles. The van der Waals surface area contributed by atoms with Gasteiger partial charge in [0.05, 0.1) is 0 Å². The lowest BCUT2D eigenvalue weighted by Gasteiger charge is -2.28. The first-order valence-electron chi connectivity index (χ1n) is 4.94. The molecule has 0 aromatic carbocycles. The zero-order chi connectivity index (χ0) is 10.4. The van der Waals surface area contributed by atoms with E-state index in [9.17, 15) is 0 Å². The summed E-state index contributed by atoms with van der Waals surface area (Å²) in [6.07, 6.45) is 3.62. The minimum atomic E-state index is 0.0282. The Balaban J connectivity index is 2.41. The monoisotopic (exact) mass is 214 g/mol. The summed E-state index contributed by atoms with van der Waals surface area (Å²) in [5.41, 5.74) is 0.0282. The molecule has 80 valence electrons. The Bertz CT molecular complexity index is 251. The average molecular weight is 214 g/mol. The number of nitrogens with zero attached hydrogens (tertiary/aromatic N) is 1. The lowest BCUT2D eigenvalue weighted by Crippen LogP contribution is -2.41. The van der Waals surface area contributed by atoms with E-state index in [2.05, 4.69) is 24.1 Å². The molecule has 0 amide bonds. The van der Waals surface area contributed by atoms with Gasteiger partial charge in [-0.15, -0.1) is 11.3 Å². The minimum Gasteiger partial charge on any atom is -0.396 e. The summed E-state index contributed by atoms with van der Waals surface area (Å²) in [7, 11) is 0. The van der Waals surface area contributed by atoms with Gasteiger partial charge in [0.2, 0.25) is 0 Å². The first kappa shape index (κ1) is 11.6. The zero-order valence-electron chi connectivity index (χ0n) is 8.79. The van der Waals surface area contributed by atoms with E-state index in [1.54, 1.807) is 11.3 Å². The summed E-state index contributed by atoms with van der Waals surface area (Å²) in [4.78, 5) is 4.21. The van der Waals surface area contributed by atoms with Crippen LogP contribution in [0.4, 0.5) is 0 Å². The minimum absolute atomic E-state index is 0.0282. The molecule has 1 aromatic heterocycles. The zero-order valence-corrected chi connectivity index (χ0v) is 9.60. The molecule has 0 spiro atoms. The number of rotatable bonds is 6. The number of hydrogen-bond donors (Lipinski definition) is 2. The average Bonchev–Trinajstić information content (AvgIpc) is 2.68. The van der Waals surface area contributed by atoms with E-state index in [1.165, 1.54) is 0 Å². The van der Waals surface area contributed by atoms with Gasteiger partial charge in [0, 0.05) is 30.3 Å². The lowest BCUT2D eigenvalue weighted by atomic mass is 9.95. The van der Waals surface area contributed by atoms with Gasteiger partial charge in [-0.25, -0.2) is 4.98 Å². The molecule has 0 saturated heterocycles. The van der Waals surface area contributed by atoms with Gasteiger partial charge in [-0.1, -0.05) is 6.92 Å². The molecule has 0 fully saturated rings. The predicted molar refractivity (Wildman–Crippen MR) is 59.4 cm³/mol. The molecule has 1 heterocycles. The van der Waals surface area contributed by atoms with Crippen LogP contribution in [0.3, 0.4) is 0 Å². The van der Waals surface area contributed by atoms with Crippen molar-refractivity contribution in [3.05, 3.63) is 16.6 Å². The van der Waals surface area contributed by atoms with E-state index in [-0.39, 0.29) is 12.1 Å². The Hall–Kier alpha value is -0.450. The Morgan fingerprint density at radius 3 is 2.93 bits per heavy atom. The van der Waals surface area contributed by atoms with Gasteiger partial charge in [-0.3, -0.25) is 0 Å². The fraction of sp³-hybridized carbons (Fsp3) is 0.700. The molecule has 0 aliphatic carbocycles. The number of aliphatic hydroxyl groups is 1. The van der Waals surface area contributed by atoms with Crippen molar-refractivity contribution in [2.24, 2.45) is 0 Å². The van der Waals surface area contributed by atoms with E-state index < -0.39 is 0 Å². The maximum atomic E-state index is 8.94. The second kappa shape index (κ2) is 5.44. The highest BCUT2D eigenvalue weighted by atomic mass is 32.1. The van der Waals surface area contributed by atoms with Crippen LogP contribution in [-0.2, 0) is 6.54 Å². The van der Waals surface area contributed by atoms with E-state index in [1.807, 2.05) is 11.6 Å². The van der Waals surface area contributed by atoms with Crippen LogP contribution in [0.5, 0.6) is 0 Å². The smallest absolute Gasteiger partial charge is 0.106 e. The van der Waals surface area contributed by atoms with Crippen LogP contribution in [0.2, 0.25) is 0 Å².